The predicted molar refractivity (Wildman–Crippen MR) is 281 cm³/mol. The van der Waals surface area contributed by atoms with Crippen molar-refractivity contribution in [2.75, 3.05) is 4.90 Å². The minimum Gasteiger partial charge on any atom is -0.310 e. The van der Waals surface area contributed by atoms with Gasteiger partial charge in [-0.3, -0.25) is 0 Å². The lowest BCUT2D eigenvalue weighted by atomic mass is 9.67. The van der Waals surface area contributed by atoms with E-state index >= 15 is 0 Å². The van der Waals surface area contributed by atoms with Gasteiger partial charge in [0.15, 0.2) is 0 Å². The molecule has 0 saturated carbocycles. The molecule has 0 aromatic heterocycles. The summed E-state index contributed by atoms with van der Waals surface area (Å²) in [4.78, 5) is 2.48. The van der Waals surface area contributed by atoms with Crippen molar-refractivity contribution in [1.29, 1.82) is 0 Å². The van der Waals surface area contributed by atoms with Gasteiger partial charge >= 0.3 is 0 Å². The average Bonchev–Trinajstić information content (AvgIpc) is 3.68. The molecule has 0 aliphatic heterocycles. The van der Waals surface area contributed by atoms with E-state index in [-0.39, 0.29) is 5.41 Å². The van der Waals surface area contributed by atoms with Gasteiger partial charge in [0, 0.05) is 16.9 Å². The van der Waals surface area contributed by atoms with Crippen molar-refractivity contribution >= 4 is 49.4 Å². The highest BCUT2D eigenvalue weighted by atomic mass is 15.1. The highest BCUT2D eigenvalue weighted by molar-refractivity contribution is 6.01. The summed E-state index contributed by atoms with van der Waals surface area (Å²) in [6.45, 7) is 6.89. The van der Waals surface area contributed by atoms with E-state index in [1.807, 2.05) is 0 Å². The van der Waals surface area contributed by atoms with E-state index in [4.69, 9.17) is 0 Å². The first kappa shape index (κ1) is 39.6. The Kier molecular flexibility index (Phi) is 9.36. The Bertz CT molecular complexity index is 3480. The maximum absolute atomic E-state index is 2.48. The van der Waals surface area contributed by atoms with Crippen molar-refractivity contribution in [2.45, 2.75) is 31.6 Å². The van der Waals surface area contributed by atoms with Gasteiger partial charge in [-0.15, -0.1) is 0 Å². The minimum atomic E-state index is -0.579. The molecule has 1 unspecified atom stereocenters. The Morgan fingerprint density at radius 1 is 0.348 bits per heavy atom. The normalized spacial score (nSPS) is 14.3. The van der Waals surface area contributed by atoms with Crippen molar-refractivity contribution in [2.24, 2.45) is 0 Å². The highest BCUT2D eigenvalue weighted by Gasteiger charge is 2.47. The first-order chi connectivity index (χ1) is 32.4. The number of hydrogen-bond acceptors (Lipinski definition) is 1. The summed E-state index contributed by atoms with van der Waals surface area (Å²) in [5.74, 6) is 0. The monoisotopic (exact) mass is 843 g/mol. The van der Waals surface area contributed by atoms with Crippen molar-refractivity contribution in [3.8, 4) is 33.4 Å². The fourth-order valence-corrected chi connectivity index (χ4v) is 10.9. The molecule has 0 spiro atoms. The highest BCUT2D eigenvalue weighted by Crippen LogP contribution is 2.60. The molecule has 1 aliphatic rings. The van der Waals surface area contributed by atoms with Gasteiger partial charge in [-0.25, -0.2) is 0 Å². The molecular weight excluding hydrogens is 795 g/mol. The van der Waals surface area contributed by atoms with E-state index in [1.54, 1.807) is 0 Å². The summed E-state index contributed by atoms with van der Waals surface area (Å²) >= 11 is 0. The van der Waals surface area contributed by atoms with Crippen LogP contribution in [0.25, 0.3) is 65.7 Å². The van der Waals surface area contributed by atoms with Crippen LogP contribution in [-0.4, -0.2) is 0 Å². The summed E-state index contributed by atoms with van der Waals surface area (Å²) in [6.07, 6.45) is 0. The maximum Gasteiger partial charge on any atom is 0.0714 e. The second kappa shape index (κ2) is 15.6. The molecule has 1 heteroatoms. The zero-order valence-corrected chi connectivity index (χ0v) is 37.5. The lowest BCUT2D eigenvalue weighted by Gasteiger charge is -2.35. The number of rotatable bonds is 7. The Morgan fingerprint density at radius 2 is 0.818 bits per heavy atom. The number of anilines is 3. The van der Waals surface area contributed by atoms with Gasteiger partial charge in [-0.1, -0.05) is 227 Å². The van der Waals surface area contributed by atoms with Crippen molar-refractivity contribution in [1.82, 2.24) is 0 Å². The maximum atomic E-state index is 2.48. The molecular formula is C65H49N. The molecule has 1 aliphatic carbocycles. The number of benzene rings is 11. The Balaban J connectivity index is 1.09. The third-order valence-electron chi connectivity index (χ3n) is 14.1. The van der Waals surface area contributed by atoms with Gasteiger partial charge in [-0.05, 0) is 130 Å². The molecule has 11 aromatic rings. The van der Waals surface area contributed by atoms with E-state index in [1.165, 1.54) is 93.5 Å². The summed E-state index contributed by atoms with van der Waals surface area (Å²) in [5.41, 5.74) is 16.6. The van der Waals surface area contributed by atoms with Gasteiger partial charge in [0.1, 0.15) is 0 Å². The van der Waals surface area contributed by atoms with Crippen LogP contribution in [0.2, 0.25) is 0 Å². The number of nitrogens with zero attached hydrogens (tertiary/aromatic N) is 1. The third kappa shape index (κ3) is 6.38. The van der Waals surface area contributed by atoms with E-state index in [0.717, 1.165) is 17.1 Å². The first-order valence-electron chi connectivity index (χ1n) is 23.2. The van der Waals surface area contributed by atoms with Crippen LogP contribution in [0.15, 0.2) is 243 Å². The second-order valence-corrected chi connectivity index (χ2v) is 18.9. The van der Waals surface area contributed by atoms with Gasteiger partial charge in [0.05, 0.1) is 11.1 Å². The van der Waals surface area contributed by atoms with Crippen molar-refractivity contribution in [3.63, 3.8) is 0 Å². The zero-order chi connectivity index (χ0) is 44.4. The molecule has 314 valence electrons. The van der Waals surface area contributed by atoms with Crippen LogP contribution in [0.1, 0.15) is 48.6 Å². The SMILES string of the molecule is CC(C)(C)c1ccc(C2(c3ccc4ccccc4c3)c3ccccc3-c3c(N(c4ccc(-c5cccc6ccccc56)cc4)c4ccc(-c5cccc6ccccc56)cc4)cccc32)cc1. The van der Waals surface area contributed by atoms with Crippen LogP contribution in [0.4, 0.5) is 17.1 Å². The topological polar surface area (TPSA) is 3.24 Å². The van der Waals surface area contributed by atoms with E-state index in [2.05, 4.69) is 268 Å². The Hall–Kier alpha value is -8.00. The van der Waals surface area contributed by atoms with Crippen molar-refractivity contribution < 1.29 is 0 Å². The summed E-state index contributed by atoms with van der Waals surface area (Å²) in [7, 11) is 0. The van der Waals surface area contributed by atoms with E-state index < -0.39 is 5.41 Å². The van der Waals surface area contributed by atoms with Crippen LogP contribution in [0.5, 0.6) is 0 Å². The second-order valence-electron chi connectivity index (χ2n) is 18.9. The largest absolute Gasteiger partial charge is 0.310 e. The molecule has 66 heavy (non-hydrogen) atoms. The predicted octanol–water partition coefficient (Wildman–Crippen LogP) is 17.6. The van der Waals surface area contributed by atoms with E-state index in [9.17, 15) is 0 Å². The van der Waals surface area contributed by atoms with Crippen LogP contribution in [0.3, 0.4) is 0 Å². The fourth-order valence-electron chi connectivity index (χ4n) is 10.9. The molecule has 0 saturated heterocycles. The first-order valence-corrected chi connectivity index (χ1v) is 23.2. The molecule has 0 heterocycles. The quantitative estimate of drug-likeness (QED) is 0.154. The number of fused-ring (bicyclic) bond motifs is 6. The van der Waals surface area contributed by atoms with Crippen LogP contribution in [0, 0.1) is 0 Å². The molecule has 0 amide bonds. The fraction of sp³-hybridized carbons (Fsp3) is 0.0769. The van der Waals surface area contributed by atoms with Crippen LogP contribution < -0.4 is 4.90 Å². The molecule has 0 N–H and O–H groups in total. The Morgan fingerprint density at radius 3 is 1.42 bits per heavy atom. The average molecular weight is 844 g/mol. The summed E-state index contributed by atoms with van der Waals surface area (Å²) < 4.78 is 0. The molecule has 0 fully saturated rings. The standard InChI is InChI=1S/C65H49N/c1-64(2,3)50-35-37-51(38-36-50)65(52-34-29-44-15-4-5-18-49(44)43-52)60-26-11-10-23-59(60)63-61(65)27-14-28-62(63)66(53-39-30-47(31-40-53)57-24-12-19-45-16-6-8-21-55(45)57)54-41-32-48(33-42-54)58-25-13-20-46-17-7-9-22-56(46)58/h4-43H,1-3H3. The van der Waals surface area contributed by atoms with Gasteiger partial charge in [-0.2, -0.15) is 0 Å². The Labute approximate surface area is 387 Å². The zero-order valence-electron chi connectivity index (χ0n) is 37.5. The minimum absolute atomic E-state index is 0.0279. The summed E-state index contributed by atoms with van der Waals surface area (Å²) in [5, 5.41) is 7.48. The smallest absolute Gasteiger partial charge is 0.0714 e. The molecule has 0 bridgehead atoms. The van der Waals surface area contributed by atoms with Gasteiger partial charge in [0.2, 0.25) is 0 Å². The molecule has 1 nitrogen and oxygen atoms in total. The van der Waals surface area contributed by atoms with Gasteiger partial charge in [0.25, 0.3) is 0 Å². The lowest BCUT2D eigenvalue weighted by Crippen LogP contribution is -2.29. The molecule has 0 radical (unpaired) electrons. The molecule has 1 atom stereocenters. The van der Waals surface area contributed by atoms with E-state index in [0.29, 0.717) is 0 Å². The molecule has 11 aromatic carbocycles. The third-order valence-corrected chi connectivity index (χ3v) is 14.1. The van der Waals surface area contributed by atoms with Crippen LogP contribution >= 0.6 is 0 Å². The summed E-state index contributed by atoms with van der Waals surface area (Å²) in [6, 6.07) is 90.4. The van der Waals surface area contributed by atoms with Crippen molar-refractivity contribution in [3.05, 3.63) is 270 Å². The molecule has 12 rings (SSSR count). The van der Waals surface area contributed by atoms with Crippen LogP contribution in [-0.2, 0) is 10.8 Å². The lowest BCUT2D eigenvalue weighted by molar-refractivity contribution is 0.589. The van der Waals surface area contributed by atoms with Gasteiger partial charge < -0.3 is 4.90 Å². The number of hydrogen-bond donors (Lipinski definition) is 0.